The molecule has 2 aromatic rings. The van der Waals surface area contributed by atoms with Crippen molar-refractivity contribution in [3.05, 3.63) is 60.7 Å². The molecule has 2 aliphatic heterocycles. The van der Waals surface area contributed by atoms with Crippen molar-refractivity contribution in [1.82, 2.24) is 0 Å². The van der Waals surface area contributed by atoms with E-state index in [1.54, 1.807) is 11.8 Å². The molecule has 4 atom stereocenters. The summed E-state index contributed by atoms with van der Waals surface area (Å²) in [6, 6.07) is 21.2. The van der Waals surface area contributed by atoms with Gasteiger partial charge in [-0.15, -0.1) is 11.8 Å². The average molecular weight is 487 g/mol. The van der Waals surface area contributed by atoms with Gasteiger partial charge in [0, 0.05) is 13.5 Å². The Morgan fingerprint density at radius 1 is 0.970 bits per heavy atom. The molecule has 4 unspecified atom stereocenters. The molecular formula is C26H34O5SSi. The molecule has 2 saturated heterocycles. The molecular weight excluding hydrogens is 452 g/mol. The lowest BCUT2D eigenvalue weighted by Crippen LogP contribution is -2.67. The van der Waals surface area contributed by atoms with Gasteiger partial charge in [0.2, 0.25) is 0 Å². The van der Waals surface area contributed by atoms with Gasteiger partial charge in [-0.25, -0.2) is 0 Å². The van der Waals surface area contributed by atoms with E-state index in [2.05, 4.69) is 69.3 Å². The molecule has 0 radical (unpaired) electrons. The fourth-order valence-electron chi connectivity index (χ4n) is 5.00. The highest BCUT2D eigenvalue weighted by molar-refractivity contribution is 8.00. The van der Waals surface area contributed by atoms with Crippen molar-refractivity contribution in [2.24, 2.45) is 0 Å². The topological polar surface area (TPSA) is 54.0 Å². The number of hydrogen-bond acceptors (Lipinski definition) is 6. The fraction of sp³-hybridized carbons (Fsp3) is 0.500. The second kappa shape index (κ2) is 9.19. The Labute approximate surface area is 202 Å². The molecule has 0 bridgehead atoms. The van der Waals surface area contributed by atoms with Crippen molar-refractivity contribution in [2.75, 3.05) is 6.61 Å². The Balaban J connectivity index is 1.68. The third kappa shape index (κ3) is 4.79. The first-order chi connectivity index (χ1) is 15.5. The van der Waals surface area contributed by atoms with Crippen LogP contribution in [0.4, 0.5) is 0 Å². The zero-order valence-electron chi connectivity index (χ0n) is 20.2. The summed E-state index contributed by atoms with van der Waals surface area (Å²) in [5, 5.41) is 2.36. The van der Waals surface area contributed by atoms with Gasteiger partial charge in [-0.05, 0) is 29.3 Å². The monoisotopic (exact) mass is 486 g/mol. The van der Waals surface area contributed by atoms with Gasteiger partial charge < -0.3 is 18.6 Å². The number of thioether (sulfide) groups is 1. The van der Waals surface area contributed by atoms with Crippen molar-refractivity contribution in [3.63, 3.8) is 0 Å². The van der Waals surface area contributed by atoms with Gasteiger partial charge in [0.1, 0.15) is 12.2 Å². The first-order valence-electron chi connectivity index (χ1n) is 11.5. The molecule has 0 N–H and O–H groups in total. The van der Waals surface area contributed by atoms with E-state index in [-0.39, 0.29) is 28.5 Å². The summed E-state index contributed by atoms with van der Waals surface area (Å²) in [6.07, 6.45) is -0.505. The van der Waals surface area contributed by atoms with Gasteiger partial charge >= 0.3 is 5.97 Å². The summed E-state index contributed by atoms with van der Waals surface area (Å²) >= 11 is 1.58. The SMILES string of the molecule is CC(=O)OC1SC(CO[Si](c2ccccc2)(c2ccccc2)C(C)(C)C)C2OC(C)(C)OC12. The maximum absolute atomic E-state index is 11.7. The molecule has 2 heterocycles. The molecule has 7 heteroatoms. The Kier molecular flexibility index (Phi) is 6.82. The van der Waals surface area contributed by atoms with Crippen LogP contribution in [0.2, 0.25) is 5.04 Å². The van der Waals surface area contributed by atoms with E-state index in [1.807, 2.05) is 26.0 Å². The molecule has 178 valence electrons. The number of ether oxygens (including phenoxy) is 3. The molecule has 0 spiro atoms. The van der Waals surface area contributed by atoms with E-state index in [0.717, 1.165) is 0 Å². The molecule has 0 aliphatic carbocycles. The quantitative estimate of drug-likeness (QED) is 0.453. The molecule has 0 amide bonds. The summed E-state index contributed by atoms with van der Waals surface area (Å²) in [5.41, 5.74) is -0.401. The number of esters is 1. The third-order valence-electron chi connectivity index (χ3n) is 6.27. The lowest BCUT2D eigenvalue weighted by atomic mass is 10.1. The van der Waals surface area contributed by atoms with Crippen LogP contribution in [0.1, 0.15) is 41.5 Å². The van der Waals surface area contributed by atoms with Crippen molar-refractivity contribution >= 4 is 36.4 Å². The number of benzene rings is 2. The molecule has 0 saturated carbocycles. The van der Waals surface area contributed by atoms with E-state index in [4.69, 9.17) is 18.6 Å². The first-order valence-corrected chi connectivity index (χ1v) is 14.3. The minimum Gasteiger partial charge on any atom is -0.449 e. The maximum atomic E-state index is 11.7. The van der Waals surface area contributed by atoms with E-state index in [9.17, 15) is 4.79 Å². The van der Waals surface area contributed by atoms with E-state index < -0.39 is 19.5 Å². The van der Waals surface area contributed by atoms with Crippen LogP contribution in [0.5, 0.6) is 0 Å². The summed E-state index contributed by atoms with van der Waals surface area (Å²) in [5.74, 6) is -1.03. The van der Waals surface area contributed by atoms with Crippen molar-refractivity contribution in [1.29, 1.82) is 0 Å². The van der Waals surface area contributed by atoms with Crippen LogP contribution in [0.25, 0.3) is 0 Å². The second-order valence-corrected chi connectivity index (χ2v) is 15.8. The molecule has 2 aromatic carbocycles. The van der Waals surface area contributed by atoms with Crippen LogP contribution >= 0.6 is 11.8 Å². The number of carbonyl (C=O) groups excluding carboxylic acids is 1. The summed E-state index contributed by atoms with van der Waals surface area (Å²) in [7, 11) is -2.67. The Morgan fingerprint density at radius 2 is 1.48 bits per heavy atom. The highest BCUT2D eigenvalue weighted by Gasteiger charge is 2.57. The normalized spacial score (nSPS) is 26.7. The Bertz CT molecular complexity index is 920. The second-order valence-electron chi connectivity index (χ2n) is 10.2. The van der Waals surface area contributed by atoms with Crippen LogP contribution < -0.4 is 10.4 Å². The Hall–Kier alpha value is -1.64. The fourth-order valence-corrected chi connectivity index (χ4v) is 11.1. The van der Waals surface area contributed by atoms with Crippen molar-refractivity contribution in [3.8, 4) is 0 Å². The predicted octanol–water partition coefficient (Wildman–Crippen LogP) is 4.09. The van der Waals surface area contributed by atoms with Crippen molar-refractivity contribution in [2.45, 2.75) is 75.3 Å². The molecule has 0 aromatic heterocycles. The number of carbonyl (C=O) groups is 1. The minimum absolute atomic E-state index is 0.0113. The molecule has 5 nitrogen and oxygen atoms in total. The van der Waals surface area contributed by atoms with Crippen LogP contribution in [0, 0.1) is 0 Å². The average Bonchev–Trinajstić information content (AvgIpc) is 3.22. The molecule has 2 aliphatic rings. The third-order valence-corrected chi connectivity index (χ3v) is 12.7. The minimum atomic E-state index is -2.67. The van der Waals surface area contributed by atoms with Gasteiger partial charge in [0.05, 0.1) is 5.25 Å². The number of rotatable bonds is 6. The zero-order valence-corrected chi connectivity index (χ0v) is 22.1. The van der Waals surface area contributed by atoms with Gasteiger partial charge in [0.25, 0.3) is 8.32 Å². The van der Waals surface area contributed by atoms with Gasteiger partial charge in [-0.3, -0.25) is 4.79 Å². The Morgan fingerprint density at radius 3 is 1.97 bits per heavy atom. The number of fused-ring (bicyclic) bond motifs is 1. The van der Waals surface area contributed by atoms with Crippen LogP contribution in [-0.2, 0) is 23.4 Å². The highest BCUT2D eigenvalue weighted by atomic mass is 32.2. The van der Waals surface area contributed by atoms with Gasteiger partial charge in [0.15, 0.2) is 11.2 Å². The largest absolute Gasteiger partial charge is 0.449 e. The summed E-state index contributed by atoms with van der Waals surface area (Å²) in [4.78, 5) is 11.7. The zero-order chi connectivity index (χ0) is 23.9. The lowest BCUT2D eigenvalue weighted by Gasteiger charge is -2.43. The smallest absolute Gasteiger partial charge is 0.303 e. The number of hydrogen-bond donors (Lipinski definition) is 0. The lowest BCUT2D eigenvalue weighted by molar-refractivity contribution is -0.163. The van der Waals surface area contributed by atoms with Gasteiger partial charge in [-0.1, -0.05) is 81.4 Å². The molecule has 33 heavy (non-hydrogen) atoms. The molecule has 2 fully saturated rings. The van der Waals surface area contributed by atoms with E-state index >= 15 is 0 Å². The highest BCUT2D eigenvalue weighted by Crippen LogP contribution is 2.47. The predicted molar refractivity (Wildman–Crippen MR) is 134 cm³/mol. The molecule has 4 rings (SSSR count). The van der Waals surface area contributed by atoms with Gasteiger partial charge in [-0.2, -0.15) is 0 Å². The van der Waals surface area contributed by atoms with E-state index in [1.165, 1.54) is 17.3 Å². The first kappa shape index (κ1) is 24.5. The summed E-state index contributed by atoms with van der Waals surface area (Å²) in [6.45, 7) is 12.5. The summed E-state index contributed by atoms with van der Waals surface area (Å²) < 4.78 is 25.1. The van der Waals surface area contributed by atoms with Crippen molar-refractivity contribution < 1.29 is 23.4 Å². The van der Waals surface area contributed by atoms with Crippen LogP contribution in [0.3, 0.4) is 0 Å². The van der Waals surface area contributed by atoms with Crippen LogP contribution in [-0.4, -0.2) is 49.6 Å². The van der Waals surface area contributed by atoms with E-state index in [0.29, 0.717) is 6.61 Å². The van der Waals surface area contributed by atoms with Crippen LogP contribution in [0.15, 0.2) is 60.7 Å². The maximum Gasteiger partial charge on any atom is 0.303 e. The standard InChI is InChI=1S/C26H34O5SSi/c1-18(27)29-24-23-22(30-26(5,6)31-23)21(32-24)17-28-33(25(2,3)4,19-13-9-7-10-14-19)20-15-11-8-12-16-20/h7-16,21-24H,17H2,1-6H3.